The molecule has 1 aromatic heterocycles. The summed E-state index contributed by atoms with van der Waals surface area (Å²) in [6.07, 6.45) is 0.247. The Kier molecular flexibility index (Phi) is 6.45. The molecule has 0 saturated heterocycles. The number of para-hydroxylation sites is 2. The quantitative estimate of drug-likeness (QED) is 0.501. The van der Waals surface area contributed by atoms with E-state index < -0.39 is 0 Å². The van der Waals surface area contributed by atoms with Crippen molar-refractivity contribution in [1.29, 1.82) is 0 Å². The number of amides is 2. The van der Waals surface area contributed by atoms with Crippen LogP contribution in [0.15, 0.2) is 46.8 Å². The second kappa shape index (κ2) is 9.25. The molecule has 0 radical (unpaired) electrons. The Morgan fingerprint density at radius 1 is 1.29 bits per heavy atom. The van der Waals surface area contributed by atoms with Gasteiger partial charge in [-0.15, -0.1) is 10.2 Å². The van der Waals surface area contributed by atoms with Gasteiger partial charge in [-0.05, 0) is 43.7 Å². The normalized spacial score (nSPS) is 15.8. The van der Waals surface area contributed by atoms with Crippen LogP contribution in [0.5, 0.6) is 0 Å². The molecule has 0 fully saturated rings. The average molecular weight is 474 g/mol. The number of nitrogens with zero attached hydrogens (tertiary/aromatic N) is 3. The van der Waals surface area contributed by atoms with E-state index in [-0.39, 0.29) is 30.0 Å². The Balaban J connectivity index is 1.44. The molecular weight excluding hydrogens is 454 g/mol. The molecule has 31 heavy (non-hydrogen) atoms. The van der Waals surface area contributed by atoms with Crippen LogP contribution in [0.2, 0.25) is 5.02 Å². The number of hydrogen-bond acceptors (Lipinski definition) is 7. The van der Waals surface area contributed by atoms with Crippen molar-refractivity contribution in [3.05, 3.63) is 53.1 Å². The van der Waals surface area contributed by atoms with E-state index in [2.05, 4.69) is 20.8 Å². The molecule has 160 valence electrons. The molecule has 0 saturated carbocycles. The number of rotatable bonds is 5. The third-order valence-corrected chi connectivity index (χ3v) is 7.23. The molecule has 0 bridgehead atoms. The highest BCUT2D eigenvalue weighted by Gasteiger charge is 2.29. The van der Waals surface area contributed by atoms with Crippen LogP contribution in [-0.4, -0.2) is 33.8 Å². The summed E-state index contributed by atoms with van der Waals surface area (Å²) in [7, 11) is 0. The Morgan fingerprint density at radius 2 is 2.10 bits per heavy atom. The zero-order chi connectivity index (χ0) is 22.0. The van der Waals surface area contributed by atoms with E-state index in [1.54, 1.807) is 11.0 Å². The molecule has 10 heteroatoms. The van der Waals surface area contributed by atoms with Crippen molar-refractivity contribution in [3.63, 3.8) is 0 Å². The molecular formula is C21H20ClN5O2S2. The van der Waals surface area contributed by atoms with Crippen molar-refractivity contribution in [2.24, 2.45) is 0 Å². The van der Waals surface area contributed by atoms with Gasteiger partial charge in [-0.2, -0.15) is 0 Å². The molecule has 4 rings (SSSR count). The van der Waals surface area contributed by atoms with Crippen molar-refractivity contribution in [2.45, 2.75) is 30.6 Å². The van der Waals surface area contributed by atoms with Gasteiger partial charge in [-0.25, -0.2) is 0 Å². The van der Waals surface area contributed by atoms with Gasteiger partial charge in [0.1, 0.15) is 0 Å². The van der Waals surface area contributed by atoms with Gasteiger partial charge >= 0.3 is 0 Å². The minimum Gasteiger partial charge on any atom is -0.330 e. The van der Waals surface area contributed by atoms with Crippen molar-refractivity contribution in [3.8, 4) is 0 Å². The van der Waals surface area contributed by atoms with Crippen molar-refractivity contribution < 1.29 is 9.59 Å². The number of thioether (sulfide) groups is 1. The largest absolute Gasteiger partial charge is 0.330 e. The van der Waals surface area contributed by atoms with Gasteiger partial charge in [0.2, 0.25) is 16.9 Å². The molecule has 0 spiro atoms. The third-order valence-electron chi connectivity index (χ3n) is 4.86. The molecule has 2 N–H and O–H groups in total. The topological polar surface area (TPSA) is 87.2 Å². The van der Waals surface area contributed by atoms with E-state index in [4.69, 9.17) is 11.6 Å². The number of carbonyl (C=O) groups is 2. The first-order valence-corrected chi connectivity index (χ1v) is 11.8. The standard InChI is InChI=1S/C21H20ClN5O2S2/c1-12-10-18(28)23-16-7-3-4-9-17(16)27(12)19(29)11-30-21-26-25-20(31-21)24-15-8-5-6-14(22)13(15)2/h3-9,12H,10-11H2,1-2H3,(H,23,28)(H,24,25)/t12-/m0/s1. The molecule has 2 amide bonds. The first-order valence-electron chi connectivity index (χ1n) is 9.61. The molecule has 2 heterocycles. The zero-order valence-corrected chi connectivity index (χ0v) is 19.3. The van der Waals surface area contributed by atoms with E-state index in [1.165, 1.54) is 23.1 Å². The highest BCUT2D eigenvalue weighted by atomic mass is 35.5. The Bertz CT molecular complexity index is 1140. The molecule has 0 aliphatic carbocycles. The van der Waals surface area contributed by atoms with Crippen LogP contribution in [0.1, 0.15) is 18.9 Å². The summed E-state index contributed by atoms with van der Waals surface area (Å²) in [5.41, 5.74) is 3.15. The maximum absolute atomic E-state index is 13.1. The number of carbonyl (C=O) groups excluding carboxylic acids is 2. The van der Waals surface area contributed by atoms with Crippen LogP contribution in [0.25, 0.3) is 0 Å². The zero-order valence-electron chi connectivity index (χ0n) is 16.9. The number of benzene rings is 2. The second-order valence-corrected chi connectivity index (χ2v) is 9.69. The molecule has 0 unspecified atom stereocenters. The molecule has 1 aliphatic heterocycles. The van der Waals surface area contributed by atoms with Crippen molar-refractivity contribution in [2.75, 3.05) is 21.3 Å². The summed E-state index contributed by atoms with van der Waals surface area (Å²) in [6.45, 7) is 3.81. The molecule has 1 aliphatic rings. The van der Waals surface area contributed by atoms with Gasteiger partial charge in [0, 0.05) is 23.2 Å². The average Bonchev–Trinajstić information content (AvgIpc) is 3.13. The lowest BCUT2D eigenvalue weighted by atomic mass is 10.2. The lowest BCUT2D eigenvalue weighted by molar-refractivity contribution is -0.117. The first kappa shape index (κ1) is 21.6. The fourth-order valence-corrected chi connectivity index (χ4v) is 5.14. The molecule has 1 atom stereocenters. The second-order valence-electron chi connectivity index (χ2n) is 7.08. The minimum absolute atomic E-state index is 0.0863. The molecule has 2 aromatic carbocycles. The van der Waals surface area contributed by atoms with Gasteiger partial charge in [-0.1, -0.05) is 52.9 Å². The van der Waals surface area contributed by atoms with Crippen molar-refractivity contribution >= 4 is 68.7 Å². The van der Waals surface area contributed by atoms with Gasteiger partial charge < -0.3 is 15.5 Å². The highest BCUT2D eigenvalue weighted by Crippen LogP contribution is 2.34. The monoisotopic (exact) mass is 473 g/mol. The Labute approximate surface area is 193 Å². The summed E-state index contributed by atoms with van der Waals surface area (Å²) in [5.74, 6) is 0.00780. The SMILES string of the molecule is Cc1c(Cl)cccc1Nc1nnc(SCC(=O)N2c3ccccc3NC(=O)C[C@@H]2C)s1. The first-order chi connectivity index (χ1) is 14.9. The Hall–Kier alpha value is -2.62. The lowest BCUT2D eigenvalue weighted by Gasteiger charge is -2.27. The van der Waals surface area contributed by atoms with Crippen LogP contribution in [0.3, 0.4) is 0 Å². The summed E-state index contributed by atoms with van der Waals surface area (Å²) < 4.78 is 0.681. The van der Waals surface area contributed by atoms with Gasteiger partial charge in [0.15, 0.2) is 4.34 Å². The number of aromatic nitrogens is 2. The van der Waals surface area contributed by atoms with Crippen LogP contribution in [-0.2, 0) is 9.59 Å². The Morgan fingerprint density at radius 3 is 2.94 bits per heavy atom. The van der Waals surface area contributed by atoms with Crippen LogP contribution >= 0.6 is 34.7 Å². The van der Waals surface area contributed by atoms with Gasteiger partial charge in [0.05, 0.1) is 17.1 Å². The molecule has 3 aromatic rings. The number of hydrogen-bond donors (Lipinski definition) is 2. The van der Waals surface area contributed by atoms with E-state index in [1.807, 2.05) is 50.2 Å². The number of halogens is 1. The maximum atomic E-state index is 13.1. The number of nitrogens with one attached hydrogen (secondary N) is 2. The summed E-state index contributed by atoms with van der Waals surface area (Å²) in [4.78, 5) is 26.9. The summed E-state index contributed by atoms with van der Waals surface area (Å²) in [5, 5.41) is 15.7. The minimum atomic E-state index is -0.241. The predicted octanol–water partition coefficient (Wildman–Crippen LogP) is 5.10. The van der Waals surface area contributed by atoms with Crippen molar-refractivity contribution in [1.82, 2.24) is 10.2 Å². The van der Waals surface area contributed by atoms with Gasteiger partial charge in [0.25, 0.3) is 0 Å². The van der Waals surface area contributed by atoms with Crippen LogP contribution in [0, 0.1) is 6.92 Å². The summed E-state index contributed by atoms with van der Waals surface area (Å²) in [6, 6.07) is 12.7. The van der Waals surface area contributed by atoms with E-state index in [9.17, 15) is 9.59 Å². The fraction of sp³-hybridized carbons (Fsp3) is 0.238. The molecule has 7 nitrogen and oxygen atoms in total. The lowest BCUT2D eigenvalue weighted by Crippen LogP contribution is -2.40. The smallest absolute Gasteiger partial charge is 0.237 e. The van der Waals surface area contributed by atoms with Crippen LogP contribution < -0.4 is 15.5 Å². The predicted molar refractivity (Wildman–Crippen MR) is 127 cm³/mol. The van der Waals surface area contributed by atoms with E-state index in [0.717, 1.165) is 11.3 Å². The highest BCUT2D eigenvalue weighted by molar-refractivity contribution is 8.01. The summed E-state index contributed by atoms with van der Waals surface area (Å²) >= 11 is 8.87. The van der Waals surface area contributed by atoms with E-state index in [0.29, 0.717) is 25.9 Å². The number of anilines is 4. The number of fused-ring (bicyclic) bond motifs is 1. The van der Waals surface area contributed by atoms with Crippen LogP contribution in [0.4, 0.5) is 22.2 Å². The third kappa shape index (κ3) is 4.84. The fourth-order valence-electron chi connectivity index (χ4n) is 3.34. The van der Waals surface area contributed by atoms with Gasteiger partial charge in [-0.3, -0.25) is 9.59 Å². The maximum Gasteiger partial charge on any atom is 0.237 e. The van der Waals surface area contributed by atoms with E-state index >= 15 is 0 Å².